The number of sulfonamides is 1. The molecule has 5 aliphatic carbocycles. The summed E-state index contributed by atoms with van der Waals surface area (Å²) < 4.78 is 27.4. The normalized spacial score (nSPS) is 31.8. The summed E-state index contributed by atoms with van der Waals surface area (Å²) in [6, 6.07) is 18.3. The van der Waals surface area contributed by atoms with E-state index in [9.17, 15) is 42.3 Å². The van der Waals surface area contributed by atoms with Crippen molar-refractivity contribution in [1.29, 1.82) is 0 Å². The number of amides is 5. The molecule has 4 heterocycles. The summed E-state index contributed by atoms with van der Waals surface area (Å²) in [4.78, 5) is 86.2. The molecular formula is C53H65N13O9S. The second-order valence-corrected chi connectivity index (χ2v) is 23.6. The molecule has 0 unspecified atom stereocenters. The molecule has 402 valence electrons. The molecule has 2 aromatic heterocycles. The van der Waals surface area contributed by atoms with Gasteiger partial charge in [0.1, 0.15) is 11.1 Å². The number of allylic oxidation sites excluding steroid dienone is 2. The van der Waals surface area contributed by atoms with Crippen LogP contribution in [0, 0.1) is 35.5 Å². The Hall–Kier alpha value is -7.17. The van der Waals surface area contributed by atoms with Crippen LogP contribution in [0.1, 0.15) is 102 Å². The number of aliphatic carboxylic acids is 1. The number of carbonyl (C=O) groups excluding carboxylic acids is 5. The average Bonchev–Trinajstić information content (AvgIpc) is 4.39. The van der Waals surface area contributed by atoms with Crippen LogP contribution in [0.5, 0.6) is 0 Å². The van der Waals surface area contributed by atoms with E-state index in [1.54, 1.807) is 23.9 Å². The molecule has 0 saturated heterocycles. The van der Waals surface area contributed by atoms with Gasteiger partial charge in [-0.05, 0) is 100 Å². The van der Waals surface area contributed by atoms with E-state index >= 15 is 0 Å². The van der Waals surface area contributed by atoms with Gasteiger partial charge in [-0.3, -0.25) is 28.7 Å². The zero-order valence-electron chi connectivity index (χ0n) is 42.7. The molecule has 2 aromatic carbocycles. The number of rotatable bonds is 8. The van der Waals surface area contributed by atoms with Crippen molar-refractivity contribution in [2.24, 2.45) is 35.5 Å². The molecule has 4 N–H and O–H groups in total. The Kier molecular flexibility index (Phi) is 14.8. The van der Waals surface area contributed by atoms with E-state index in [-0.39, 0.29) is 35.7 Å². The number of carboxylic acids is 1. The Morgan fingerprint density at radius 1 is 0.632 bits per heavy atom. The predicted molar refractivity (Wildman–Crippen MR) is 274 cm³/mol. The fourth-order valence-electron chi connectivity index (χ4n) is 11.5. The van der Waals surface area contributed by atoms with Gasteiger partial charge in [0.25, 0.3) is 5.91 Å². The number of aromatic nitrogens is 8. The molecule has 23 heteroatoms. The SMILES string of the molecule is CN1CCCC/C=C\[C@@H]2C[C@@]2(C(=O)NS(=O)(=O)C2CC2)NC(=O)[C@@H]2C[C@@H](n3nnc(-c4ccccc4)n3)C[C@H]2C1=O.CN1CCCC/C=C\[C@@H]2C[C@@]2(C(=O)O)NC(=O)[C@@H]2C[C@@H](n3nnc(-c4ccccc4)n3)C[C@H]2C1=O. The highest BCUT2D eigenvalue weighted by atomic mass is 32.2. The van der Waals surface area contributed by atoms with Gasteiger partial charge < -0.3 is 25.5 Å². The number of hydrogen-bond donors (Lipinski definition) is 4. The maximum atomic E-state index is 13.9. The summed E-state index contributed by atoms with van der Waals surface area (Å²) in [5.74, 6) is -5.02. The van der Waals surface area contributed by atoms with Crippen LogP contribution in [0.3, 0.4) is 0 Å². The van der Waals surface area contributed by atoms with Crippen molar-refractivity contribution < 1.29 is 42.3 Å². The first kappa shape index (κ1) is 52.3. The molecule has 7 aliphatic rings. The molecule has 0 bridgehead atoms. The molecule has 11 rings (SSSR count). The molecule has 76 heavy (non-hydrogen) atoms. The summed E-state index contributed by atoms with van der Waals surface area (Å²) in [5.41, 5.74) is -1.00. The Morgan fingerprint density at radius 3 is 1.53 bits per heavy atom. The van der Waals surface area contributed by atoms with Gasteiger partial charge >= 0.3 is 5.97 Å². The number of fused-ring (bicyclic) bond motifs is 4. The molecule has 10 atom stereocenters. The molecule has 5 saturated carbocycles. The van der Waals surface area contributed by atoms with Gasteiger partial charge in [-0.25, -0.2) is 13.2 Å². The van der Waals surface area contributed by atoms with Crippen LogP contribution in [-0.2, 0) is 38.8 Å². The maximum Gasteiger partial charge on any atom is 0.330 e. The van der Waals surface area contributed by atoms with Crippen LogP contribution in [-0.4, -0.2) is 143 Å². The number of hydrogen-bond acceptors (Lipinski definition) is 14. The fourth-order valence-corrected chi connectivity index (χ4v) is 12.8. The van der Waals surface area contributed by atoms with Crippen LogP contribution in [0.2, 0.25) is 0 Å². The highest BCUT2D eigenvalue weighted by Crippen LogP contribution is 2.49. The van der Waals surface area contributed by atoms with Crippen molar-refractivity contribution in [3.8, 4) is 22.8 Å². The van der Waals surface area contributed by atoms with Crippen molar-refractivity contribution in [3.05, 3.63) is 85.0 Å². The Labute approximate surface area is 440 Å². The number of carboxylic acid groups (broad SMARTS) is 1. The lowest BCUT2D eigenvalue weighted by Crippen LogP contribution is -2.54. The van der Waals surface area contributed by atoms with Crippen molar-refractivity contribution in [1.82, 2.24) is 65.6 Å². The average molecular weight is 1060 g/mol. The van der Waals surface area contributed by atoms with Gasteiger partial charge in [-0.15, -0.1) is 20.4 Å². The third-order valence-electron chi connectivity index (χ3n) is 16.4. The second-order valence-electron chi connectivity index (χ2n) is 21.7. The Balaban J connectivity index is 0.000000175. The third kappa shape index (κ3) is 10.9. The molecule has 0 spiro atoms. The molecule has 5 amide bonds. The van der Waals surface area contributed by atoms with Crippen LogP contribution in [0.4, 0.5) is 0 Å². The van der Waals surface area contributed by atoms with E-state index in [4.69, 9.17) is 0 Å². The van der Waals surface area contributed by atoms with E-state index in [1.807, 2.05) is 85.0 Å². The third-order valence-corrected chi connectivity index (χ3v) is 18.2. The van der Waals surface area contributed by atoms with Gasteiger partial charge in [0.05, 0.1) is 41.0 Å². The largest absolute Gasteiger partial charge is 0.479 e. The molecule has 5 fully saturated rings. The number of benzene rings is 2. The Morgan fingerprint density at radius 2 is 1.07 bits per heavy atom. The van der Waals surface area contributed by atoms with Crippen LogP contribution >= 0.6 is 0 Å². The van der Waals surface area contributed by atoms with E-state index in [2.05, 4.69) is 46.2 Å². The molecule has 4 aromatic rings. The molecular weight excluding hydrogens is 995 g/mol. The zero-order valence-corrected chi connectivity index (χ0v) is 43.5. The van der Waals surface area contributed by atoms with Crippen LogP contribution < -0.4 is 15.4 Å². The highest BCUT2D eigenvalue weighted by molar-refractivity contribution is 7.91. The lowest BCUT2D eigenvalue weighted by Gasteiger charge is -2.26. The van der Waals surface area contributed by atoms with Crippen LogP contribution in [0.15, 0.2) is 85.0 Å². The fraction of sp³-hybridized carbons (Fsp3) is 0.547. The quantitative estimate of drug-likeness (QED) is 0.183. The molecule has 22 nitrogen and oxygen atoms in total. The first-order valence-electron chi connectivity index (χ1n) is 26.5. The van der Waals surface area contributed by atoms with E-state index in [0.717, 1.165) is 49.7 Å². The summed E-state index contributed by atoms with van der Waals surface area (Å²) in [6.45, 7) is 1.20. The number of tetrazole rings is 2. The summed E-state index contributed by atoms with van der Waals surface area (Å²) in [6.07, 6.45) is 15.9. The summed E-state index contributed by atoms with van der Waals surface area (Å²) in [7, 11) is -0.268. The number of nitrogens with one attached hydrogen (secondary N) is 3. The van der Waals surface area contributed by atoms with Crippen molar-refractivity contribution >= 4 is 45.5 Å². The lowest BCUT2D eigenvalue weighted by atomic mass is 9.93. The van der Waals surface area contributed by atoms with Crippen molar-refractivity contribution in [3.63, 3.8) is 0 Å². The Bertz CT molecular complexity index is 3020. The first-order chi connectivity index (χ1) is 36.6. The summed E-state index contributed by atoms with van der Waals surface area (Å²) in [5, 5.41) is 40.9. The monoisotopic (exact) mass is 1060 g/mol. The molecule has 0 radical (unpaired) electrons. The maximum absolute atomic E-state index is 13.9. The van der Waals surface area contributed by atoms with Crippen molar-refractivity contribution in [2.75, 3.05) is 27.2 Å². The van der Waals surface area contributed by atoms with Gasteiger partial charge in [-0.1, -0.05) is 85.0 Å². The van der Waals surface area contributed by atoms with Crippen molar-refractivity contribution in [2.45, 2.75) is 118 Å². The zero-order chi connectivity index (χ0) is 53.4. The van der Waals surface area contributed by atoms with Gasteiger partial charge in [0.15, 0.2) is 0 Å². The second kappa shape index (κ2) is 21.5. The van der Waals surface area contributed by atoms with E-state index in [0.29, 0.717) is 76.1 Å². The highest BCUT2D eigenvalue weighted by Gasteiger charge is 2.63. The smallest absolute Gasteiger partial charge is 0.330 e. The van der Waals surface area contributed by atoms with E-state index in [1.165, 1.54) is 9.59 Å². The minimum atomic E-state index is -3.79. The molecule has 2 aliphatic heterocycles. The lowest BCUT2D eigenvalue weighted by molar-refractivity contribution is -0.145. The number of carbonyl (C=O) groups is 6. The van der Waals surface area contributed by atoms with Gasteiger partial charge in [0.2, 0.25) is 45.3 Å². The summed E-state index contributed by atoms with van der Waals surface area (Å²) >= 11 is 0. The minimum absolute atomic E-state index is 0.0969. The minimum Gasteiger partial charge on any atom is -0.479 e. The topological polar surface area (TPSA) is 287 Å². The number of nitrogens with zero attached hydrogens (tertiary/aromatic N) is 10. The first-order valence-corrected chi connectivity index (χ1v) is 28.1. The van der Waals surface area contributed by atoms with Crippen LogP contribution in [0.25, 0.3) is 22.8 Å². The van der Waals surface area contributed by atoms with E-state index < -0.39 is 73.7 Å². The van der Waals surface area contributed by atoms with Gasteiger partial charge in [0, 0.05) is 50.1 Å². The predicted octanol–water partition coefficient (Wildman–Crippen LogP) is 3.65. The van der Waals surface area contributed by atoms with Gasteiger partial charge in [-0.2, -0.15) is 9.59 Å². The standard InChI is InChI=1S/C28H35N7O5S.C25H30N6O4/c1-34-14-8-3-2-7-11-19-17-28(19,27(38)32-41(39,40)21-12-13-21)29-25(36)22-15-20(16-23(22)26(34)37)35-31-24(30-33-35)18-9-5-4-6-10-18;1-30-12-8-3-2-7-11-17-15-25(17,24(34)35)26-22(32)19-13-18(14-20(19)23(30)33)31-28-21(27-29-31)16-9-5-4-6-10-16/h4-7,9-11,19-23H,2-3,8,12-17H2,1H3,(H,29,36)(H,32,38);4-7,9-11,17-20H,2-3,8,12-15H2,1H3,(H,26,32)(H,34,35)/b2*11-7-/t19-,20-,22-,23-,28-;17-,18-,19-,20-,25-/m11/s1.